The molecule has 1 aliphatic rings. The molecular formula is C13H18NOS+. The van der Waals surface area contributed by atoms with Gasteiger partial charge >= 0.3 is 5.90 Å². The zero-order valence-electron chi connectivity index (χ0n) is 10.3. The van der Waals surface area contributed by atoms with E-state index in [0.717, 1.165) is 12.5 Å². The van der Waals surface area contributed by atoms with Crippen molar-refractivity contribution in [2.45, 2.75) is 24.3 Å². The van der Waals surface area contributed by atoms with Gasteiger partial charge in [0, 0.05) is 18.7 Å². The first-order chi connectivity index (χ1) is 7.56. The number of rotatable bonds is 2. The summed E-state index contributed by atoms with van der Waals surface area (Å²) in [4.78, 5) is 1.27. The number of hydrogen-bond acceptors (Lipinski definition) is 2. The van der Waals surface area contributed by atoms with E-state index in [1.54, 1.807) is 11.8 Å². The molecule has 1 heterocycles. The quantitative estimate of drug-likeness (QED) is 0.578. The number of thioether (sulfide) groups is 1. The van der Waals surface area contributed by atoms with E-state index < -0.39 is 0 Å². The van der Waals surface area contributed by atoms with Gasteiger partial charge in [-0.1, -0.05) is 12.1 Å². The molecule has 0 spiro atoms. The zero-order chi connectivity index (χ0) is 11.8. The van der Waals surface area contributed by atoms with Crippen molar-refractivity contribution in [3.63, 3.8) is 0 Å². The van der Waals surface area contributed by atoms with Crippen LogP contribution in [0, 0.1) is 0 Å². The summed E-state index contributed by atoms with van der Waals surface area (Å²) in [5.74, 6) is 0.995. The Labute approximate surface area is 101 Å². The first-order valence-corrected chi connectivity index (χ1v) is 6.66. The summed E-state index contributed by atoms with van der Waals surface area (Å²) >= 11 is 1.76. The molecule has 0 bridgehead atoms. The monoisotopic (exact) mass is 236 g/mol. The molecule has 16 heavy (non-hydrogen) atoms. The Morgan fingerprint density at radius 3 is 2.56 bits per heavy atom. The molecule has 0 N–H and O–H groups in total. The van der Waals surface area contributed by atoms with Crippen LogP contribution in [0.5, 0.6) is 0 Å². The smallest absolute Gasteiger partial charge is 0.371 e. The van der Waals surface area contributed by atoms with Crippen molar-refractivity contribution in [3.05, 3.63) is 29.8 Å². The Hall–Kier alpha value is -0.960. The average Bonchev–Trinajstić information content (AvgIpc) is 2.54. The molecule has 1 aromatic rings. The Bertz CT molecular complexity index is 437. The number of benzene rings is 1. The lowest BCUT2D eigenvalue weighted by Gasteiger charge is -2.09. The Kier molecular flexibility index (Phi) is 2.98. The highest BCUT2D eigenvalue weighted by molar-refractivity contribution is 7.98. The third kappa shape index (κ3) is 1.84. The average molecular weight is 236 g/mol. The molecule has 0 atom stereocenters. The van der Waals surface area contributed by atoms with Crippen molar-refractivity contribution in [2.24, 2.45) is 0 Å². The molecule has 86 valence electrons. The lowest BCUT2D eigenvalue weighted by molar-refractivity contribution is -0.562. The van der Waals surface area contributed by atoms with Gasteiger partial charge in [0.2, 0.25) is 0 Å². The topological polar surface area (TPSA) is 12.2 Å². The van der Waals surface area contributed by atoms with Gasteiger partial charge in [0.25, 0.3) is 0 Å². The number of likely N-dealkylation sites (N-methyl/N-ethyl adjacent to an activating group) is 1. The van der Waals surface area contributed by atoms with Gasteiger partial charge in [-0.3, -0.25) is 0 Å². The molecule has 1 aliphatic heterocycles. The second kappa shape index (κ2) is 4.13. The molecule has 0 radical (unpaired) electrons. The second-order valence-electron chi connectivity index (χ2n) is 4.67. The van der Waals surface area contributed by atoms with Gasteiger partial charge in [-0.15, -0.1) is 11.8 Å². The summed E-state index contributed by atoms with van der Waals surface area (Å²) in [5, 5.41) is 0. The van der Waals surface area contributed by atoms with Gasteiger partial charge in [0.1, 0.15) is 7.05 Å². The fraction of sp³-hybridized carbons (Fsp3) is 0.462. The minimum absolute atomic E-state index is 0.0842. The molecule has 2 nitrogen and oxygen atoms in total. The van der Waals surface area contributed by atoms with Crippen LogP contribution in [0.4, 0.5) is 0 Å². The minimum atomic E-state index is 0.0842. The maximum absolute atomic E-state index is 5.84. The van der Waals surface area contributed by atoms with Crippen LogP contribution in [0.25, 0.3) is 0 Å². The maximum Gasteiger partial charge on any atom is 0.371 e. The Balaban J connectivity index is 2.50. The van der Waals surface area contributed by atoms with E-state index in [4.69, 9.17) is 4.74 Å². The van der Waals surface area contributed by atoms with Crippen molar-refractivity contribution < 1.29 is 9.31 Å². The summed E-state index contributed by atoms with van der Waals surface area (Å²) in [7, 11) is 2.10. The highest BCUT2D eigenvalue weighted by Crippen LogP contribution is 2.25. The largest absolute Gasteiger partial charge is 0.437 e. The molecule has 0 aliphatic carbocycles. The van der Waals surface area contributed by atoms with Crippen molar-refractivity contribution >= 4 is 17.7 Å². The van der Waals surface area contributed by atoms with Crippen LogP contribution in [0.2, 0.25) is 0 Å². The van der Waals surface area contributed by atoms with Gasteiger partial charge in [-0.2, -0.15) is 4.58 Å². The summed E-state index contributed by atoms with van der Waals surface area (Å²) in [5.41, 5.74) is 1.28. The molecule has 3 heteroatoms. The van der Waals surface area contributed by atoms with Gasteiger partial charge < -0.3 is 4.74 Å². The first kappa shape index (κ1) is 11.5. The zero-order valence-corrected chi connectivity index (χ0v) is 11.1. The SMILES string of the molecule is CSc1ccccc1C1=[N+](C)C(C)(C)CO1. The lowest BCUT2D eigenvalue weighted by atomic mass is 10.1. The molecule has 1 aromatic carbocycles. The van der Waals surface area contributed by atoms with Crippen molar-refractivity contribution in [1.82, 2.24) is 0 Å². The number of ether oxygens (including phenoxy) is 1. The van der Waals surface area contributed by atoms with E-state index in [9.17, 15) is 0 Å². The number of nitrogens with zero attached hydrogens (tertiary/aromatic N) is 1. The molecule has 0 saturated carbocycles. The fourth-order valence-corrected chi connectivity index (χ4v) is 2.38. The lowest BCUT2D eigenvalue weighted by Crippen LogP contribution is -2.33. The fourth-order valence-electron chi connectivity index (χ4n) is 1.79. The molecule has 0 saturated heterocycles. The highest BCUT2D eigenvalue weighted by Gasteiger charge is 2.40. The van der Waals surface area contributed by atoms with Crippen molar-refractivity contribution in [2.75, 3.05) is 19.9 Å². The van der Waals surface area contributed by atoms with Crippen LogP contribution in [-0.2, 0) is 4.74 Å². The summed E-state index contributed by atoms with van der Waals surface area (Å²) in [6, 6.07) is 8.38. The van der Waals surface area contributed by atoms with Crippen LogP contribution in [0.3, 0.4) is 0 Å². The number of hydrogen-bond donors (Lipinski definition) is 0. The molecule has 0 aromatic heterocycles. The molecular weight excluding hydrogens is 218 g/mol. The maximum atomic E-state index is 5.84. The van der Waals surface area contributed by atoms with E-state index >= 15 is 0 Å². The minimum Gasteiger partial charge on any atom is -0.437 e. The third-order valence-corrected chi connectivity index (χ3v) is 3.91. The predicted octanol–water partition coefficient (Wildman–Crippen LogP) is 2.61. The Morgan fingerprint density at radius 1 is 1.31 bits per heavy atom. The van der Waals surface area contributed by atoms with Gasteiger partial charge in [-0.05, 0) is 18.4 Å². The van der Waals surface area contributed by atoms with Crippen LogP contribution >= 0.6 is 11.8 Å². The van der Waals surface area contributed by atoms with Crippen LogP contribution < -0.4 is 0 Å². The summed E-state index contributed by atoms with van der Waals surface area (Å²) in [6.45, 7) is 5.14. The van der Waals surface area contributed by atoms with Crippen molar-refractivity contribution in [3.8, 4) is 0 Å². The van der Waals surface area contributed by atoms with Crippen LogP contribution in [-0.4, -0.2) is 35.9 Å². The van der Waals surface area contributed by atoms with Crippen molar-refractivity contribution in [1.29, 1.82) is 0 Å². The third-order valence-electron chi connectivity index (χ3n) is 3.11. The van der Waals surface area contributed by atoms with E-state index in [0.29, 0.717) is 0 Å². The van der Waals surface area contributed by atoms with E-state index in [1.807, 2.05) is 0 Å². The van der Waals surface area contributed by atoms with Gasteiger partial charge in [0.05, 0.1) is 5.56 Å². The first-order valence-electron chi connectivity index (χ1n) is 5.43. The second-order valence-corrected chi connectivity index (χ2v) is 5.51. The van der Waals surface area contributed by atoms with Gasteiger partial charge in [0.15, 0.2) is 12.1 Å². The molecule has 0 amide bonds. The molecule has 2 rings (SSSR count). The van der Waals surface area contributed by atoms with Gasteiger partial charge in [-0.25, -0.2) is 0 Å². The predicted molar refractivity (Wildman–Crippen MR) is 68.5 cm³/mol. The summed E-state index contributed by atoms with van der Waals surface area (Å²) in [6.07, 6.45) is 2.10. The van der Waals surface area contributed by atoms with E-state index in [1.165, 1.54) is 10.5 Å². The van der Waals surface area contributed by atoms with E-state index in [2.05, 4.69) is 56.0 Å². The molecule has 0 unspecified atom stereocenters. The highest BCUT2D eigenvalue weighted by atomic mass is 32.2. The van der Waals surface area contributed by atoms with Crippen LogP contribution in [0.1, 0.15) is 19.4 Å². The Morgan fingerprint density at radius 2 is 2.00 bits per heavy atom. The standard InChI is InChI=1S/C13H18NOS/c1-13(2)9-15-12(14(13)3)10-7-5-6-8-11(10)16-4/h5-8H,9H2,1-4H3/q+1. The normalized spacial score (nSPS) is 18.8. The summed E-state index contributed by atoms with van der Waals surface area (Å²) < 4.78 is 8.06. The van der Waals surface area contributed by atoms with E-state index in [-0.39, 0.29) is 5.54 Å². The molecule has 0 fully saturated rings. The van der Waals surface area contributed by atoms with Crippen LogP contribution in [0.15, 0.2) is 29.2 Å².